The average Bonchev–Trinajstić information content (AvgIpc) is 2.03. The molecule has 3 nitrogen and oxygen atoms in total. The largest absolute Gasteiger partial charge is 0.294 e. The topological polar surface area (TPSA) is 54.4 Å². The summed E-state index contributed by atoms with van der Waals surface area (Å²) in [6.45, 7) is 0. The Morgan fingerprint density at radius 2 is 1.75 bits per heavy atom. The standard InChI is InChI=1S/C7H7IO3S/c8-5-6-1-3-7(4-2-6)12(9,10)11/h1-4H,5H2,(H,9,10,11). The van der Waals surface area contributed by atoms with E-state index < -0.39 is 10.1 Å². The third kappa shape index (κ3) is 2.43. The van der Waals surface area contributed by atoms with E-state index >= 15 is 0 Å². The first-order chi connectivity index (χ1) is 5.54. The number of halogens is 1. The molecule has 0 saturated heterocycles. The first-order valence-corrected chi connectivity index (χ1v) is 6.13. The quantitative estimate of drug-likeness (QED) is 0.515. The third-order valence-corrected chi connectivity index (χ3v) is 3.12. The van der Waals surface area contributed by atoms with Crippen LogP contribution in [0, 0.1) is 0 Å². The molecule has 0 aliphatic heterocycles. The second kappa shape index (κ2) is 3.71. The van der Waals surface area contributed by atoms with Crippen LogP contribution in [0.4, 0.5) is 0 Å². The van der Waals surface area contributed by atoms with Crippen LogP contribution < -0.4 is 0 Å². The highest BCUT2D eigenvalue weighted by atomic mass is 127. The fourth-order valence-corrected chi connectivity index (χ4v) is 1.74. The molecule has 0 aliphatic rings. The molecule has 0 aliphatic carbocycles. The molecule has 1 rings (SSSR count). The zero-order chi connectivity index (χ0) is 9.19. The Kier molecular flexibility index (Phi) is 3.08. The van der Waals surface area contributed by atoms with Crippen LogP contribution in [0.25, 0.3) is 0 Å². The van der Waals surface area contributed by atoms with E-state index in [4.69, 9.17) is 4.55 Å². The zero-order valence-electron chi connectivity index (χ0n) is 6.07. The maximum Gasteiger partial charge on any atom is 0.294 e. The van der Waals surface area contributed by atoms with Crippen LogP contribution >= 0.6 is 22.6 Å². The number of rotatable bonds is 2. The molecular weight excluding hydrogens is 291 g/mol. The Morgan fingerprint density at radius 1 is 1.25 bits per heavy atom. The van der Waals surface area contributed by atoms with Gasteiger partial charge < -0.3 is 0 Å². The molecule has 0 unspecified atom stereocenters. The molecule has 0 bridgehead atoms. The summed E-state index contributed by atoms with van der Waals surface area (Å²) >= 11 is 2.17. The minimum atomic E-state index is -4.03. The van der Waals surface area contributed by atoms with Gasteiger partial charge in [-0.15, -0.1) is 0 Å². The van der Waals surface area contributed by atoms with Crippen LogP contribution in [0.5, 0.6) is 0 Å². The van der Waals surface area contributed by atoms with E-state index in [0.717, 1.165) is 9.99 Å². The summed E-state index contributed by atoms with van der Waals surface area (Å²) in [6.07, 6.45) is 0. The lowest BCUT2D eigenvalue weighted by molar-refractivity contribution is 0.483. The van der Waals surface area contributed by atoms with Crippen LogP contribution in [0.15, 0.2) is 29.2 Å². The van der Waals surface area contributed by atoms with Crippen LogP contribution in [-0.4, -0.2) is 13.0 Å². The first kappa shape index (κ1) is 9.94. The van der Waals surface area contributed by atoms with Gasteiger partial charge in [-0.25, -0.2) is 0 Å². The summed E-state index contributed by atoms with van der Waals surface area (Å²) in [4.78, 5) is -0.0592. The fraction of sp³-hybridized carbons (Fsp3) is 0.143. The Morgan fingerprint density at radius 3 is 2.08 bits per heavy atom. The van der Waals surface area contributed by atoms with Crippen molar-refractivity contribution in [1.82, 2.24) is 0 Å². The Labute approximate surface area is 84.7 Å². The Hall–Kier alpha value is -0.140. The van der Waals surface area contributed by atoms with E-state index in [-0.39, 0.29) is 4.90 Å². The molecule has 1 N–H and O–H groups in total. The van der Waals surface area contributed by atoms with Crippen molar-refractivity contribution in [2.45, 2.75) is 9.32 Å². The van der Waals surface area contributed by atoms with Crippen molar-refractivity contribution >= 4 is 32.7 Å². The molecule has 12 heavy (non-hydrogen) atoms. The van der Waals surface area contributed by atoms with Gasteiger partial charge in [-0.3, -0.25) is 4.55 Å². The van der Waals surface area contributed by atoms with Gasteiger partial charge in [0.2, 0.25) is 0 Å². The first-order valence-electron chi connectivity index (χ1n) is 3.16. The molecule has 1 aromatic rings. The summed E-state index contributed by atoms with van der Waals surface area (Å²) in [5.74, 6) is 0. The molecule has 0 saturated carbocycles. The maximum atomic E-state index is 10.6. The summed E-state index contributed by atoms with van der Waals surface area (Å²) in [5.41, 5.74) is 1.03. The monoisotopic (exact) mass is 298 g/mol. The van der Waals surface area contributed by atoms with E-state index in [1.54, 1.807) is 12.1 Å². The lowest BCUT2D eigenvalue weighted by atomic mass is 10.2. The van der Waals surface area contributed by atoms with Crippen molar-refractivity contribution in [3.05, 3.63) is 29.8 Å². The predicted octanol–water partition coefficient (Wildman–Crippen LogP) is 1.87. The number of alkyl halides is 1. The van der Waals surface area contributed by atoms with Gasteiger partial charge in [0.05, 0.1) is 4.90 Å². The molecule has 0 aromatic heterocycles. The van der Waals surface area contributed by atoms with Crippen molar-refractivity contribution in [3.63, 3.8) is 0 Å². The maximum absolute atomic E-state index is 10.6. The Bertz CT molecular complexity index is 355. The van der Waals surface area contributed by atoms with Crippen LogP contribution in [0.3, 0.4) is 0 Å². The zero-order valence-corrected chi connectivity index (χ0v) is 9.04. The number of benzene rings is 1. The second-order valence-corrected chi connectivity index (χ2v) is 4.44. The molecule has 0 heterocycles. The minimum Gasteiger partial charge on any atom is -0.282 e. The van der Waals surface area contributed by atoms with Crippen molar-refractivity contribution in [1.29, 1.82) is 0 Å². The lowest BCUT2D eigenvalue weighted by Crippen LogP contribution is -1.97. The molecular formula is C7H7IO3S. The molecule has 0 fully saturated rings. The van der Waals surface area contributed by atoms with Crippen molar-refractivity contribution in [2.24, 2.45) is 0 Å². The van der Waals surface area contributed by atoms with Gasteiger partial charge >= 0.3 is 0 Å². The summed E-state index contributed by atoms with van der Waals surface area (Å²) < 4.78 is 30.6. The molecule has 1 aromatic carbocycles. The van der Waals surface area contributed by atoms with E-state index in [9.17, 15) is 8.42 Å². The summed E-state index contributed by atoms with van der Waals surface area (Å²) in [7, 11) is -4.03. The fourth-order valence-electron chi connectivity index (χ4n) is 0.751. The minimum absolute atomic E-state index is 0.0592. The van der Waals surface area contributed by atoms with Crippen LogP contribution in [-0.2, 0) is 14.5 Å². The van der Waals surface area contributed by atoms with Gasteiger partial charge in [0.15, 0.2) is 0 Å². The van der Waals surface area contributed by atoms with Gasteiger partial charge in [-0.1, -0.05) is 34.7 Å². The molecule has 0 amide bonds. The highest BCUT2D eigenvalue weighted by Crippen LogP contribution is 2.11. The van der Waals surface area contributed by atoms with Crippen molar-refractivity contribution in [2.75, 3.05) is 0 Å². The highest BCUT2D eigenvalue weighted by Gasteiger charge is 2.07. The van der Waals surface area contributed by atoms with Crippen LogP contribution in [0.2, 0.25) is 0 Å². The second-order valence-electron chi connectivity index (χ2n) is 2.25. The summed E-state index contributed by atoms with van der Waals surface area (Å²) in [5, 5.41) is 0. The van der Waals surface area contributed by atoms with Gasteiger partial charge in [-0.2, -0.15) is 8.42 Å². The SMILES string of the molecule is O=S(=O)(O)c1ccc(CI)cc1. The van der Waals surface area contributed by atoms with E-state index in [1.165, 1.54) is 12.1 Å². The average molecular weight is 298 g/mol. The molecule has 0 spiro atoms. The highest BCUT2D eigenvalue weighted by molar-refractivity contribution is 14.1. The van der Waals surface area contributed by atoms with Crippen molar-refractivity contribution in [3.8, 4) is 0 Å². The van der Waals surface area contributed by atoms with Gasteiger partial charge in [-0.05, 0) is 17.7 Å². The van der Waals surface area contributed by atoms with Crippen molar-refractivity contribution < 1.29 is 13.0 Å². The third-order valence-electron chi connectivity index (χ3n) is 1.38. The smallest absolute Gasteiger partial charge is 0.282 e. The molecule has 0 atom stereocenters. The van der Waals surface area contributed by atoms with E-state index in [0.29, 0.717) is 0 Å². The molecule has 66 valence electrons. The Balaban J connectivity index is 3.09. The number of hydrogen-bond donors (Lipinski definition) is 1. The number of hydrogen-bond acceptors (Lipinski definition) is 2. The van der Waals surface area contributed by atoms with E-state index in [2.05, 4.69) is 22.6 Å². The molecule has 5 heteroatoms. The van der Waals surface area contributed by atoms with Gasteiger partial charge in [0.1, 0.15) is 0 Å². The lowest BCUT2D eigenvalue weighted by Gasteiger charge is -1.97. The van der Waals surface area contributed by atoms with E-state index in [1.807, 2.05) is 0 Å². The van der Waals surface area contributed by atoms with Crippen LogP contribution in [0.1, 0.15) is 5.56 Å². The normalized spacial score (nSPS) is 11.5. The predicted molar refractivity (Wildman–Crippen MR) is 54.0 cm³/mol. The molecule has 0 radical (unpaired) electrons. The van der Waals surface area contributed by atoms with Gasteiger partial charge in [0.25, 0.3) is 10.1 Å². The summed E-state index contributed by atoms with van der Waals surface area (Å²) in [6, 6.07) is 6.14. The van der Waals surface area contributed by atoms with Gasteiger partial charge in [0, 0.05) is 4.43 Å².